The van der Waals surface area contributed by atoms with Crippen LogP contribution in [0.2, 0.25) is 0 Å². The Morgan fingerprint density at radius 3 is 2.95 bits per heavy atom. The first-order valence-corrected chi connectivity index (χ1v) is 8.72. The van der Waals surface area contributed by atoms with Gasteiger partial charge in [-0.1, -0.05) is 0 Å². The standard InChI is InChI=1S/C14H18N4OS2/c15-14-16-8-12(21-14)9-17-3-1-4-18(6-5-17)13(19)11-2-7-20-10-11/h2,7-8,10H,1,3-6,9H2,(H2,15,16). The Balaban J connectivity index is 1.58. The monoisotopic (exact) mass is 322 g/mol. The van der Waals surface area contributed by atoms with Crippen molar-refractivity contribution in [3.8, 4) is 0 Å². The Labute approximate surface area is 132 Å². The molecule has 0 aliphatic carbocycles. The number of carbonyl (C=O) groups excluding carboxylic acids is 1. The molecule has 1 fully saturated rings. The van der Waals surface area contributed by atoms with Gasteiger partial charge in [0.15, 0.2) is 5.13 Å². The number of thiophene rings is 1. The molecule has 1 aliphatic rings. The van der Waals surface area contributed by atoms with Crippen LogP contribution >= 0.6 is 22.7 Å². The van der Waals surface area contributed by atoms with Crippen molar-refractivity contribution in [2.75, 3.05) is 31.9 Å². The third kappa shape index (κ3) is 3.61. The summed E-state index contributed by atoms with van der Waals surface area (Å²) in [6, 6.07) is 1.90. The molecule has 1 amide bonds. The Kier molecular flexibility index (Phi) is 4.52. The van der Waals surface area contributed by atoms with Gasteiger partial charge in [0.1, 0.15) is 0 Å². The van der Waals surface area contributed by atoms with Crippen molar-refractivity contribution in [3.05, 3.63) is 33.5 Å². The smallest absolute Gasteiger partial charge is 0.254 e. The Morgan fingerprint density at radius 1 is 1.33 bits per heavy atom. The highest BCUT2D eigenvalue weighted by molar-refractivity contribution is 7.15. The lowest BCUT2D eigenvalue weighted by Crippen LogP contribution is -2.34. The average Bonchev–Trinajstić information content (AvgIpc) is 3.08. The second-order valence-electron chi connectivity index (χ2n) is 5.10. The van der Waals surface area contributed by atoms with Crippen molar-refractivity contribution in [2.45, 2.75) is 13.0 Å². The number of aromatic nitrogens is 1. The van der Waals surface area contributed by atoms with Gasteiger partial charge in [-0.25, -0.2) is 4.98 Å². The fourth-order valence-electron chi connectivity index (χ4n) is 2.52. The van der Waals surface area contributed by atoms with Crippen molar-refractivity contribution in [3.63, 3.8) is 0 Å². The van der Waals surface area contributed by atoms with Crippen LogP contribution in [0.3, 0.4) is 0 Å². The van der Waals surface area contributed by atoms with Crippen molar-refractivity contribution in [1.29, 1.82) is 0 Å². The minimum absolute atomic E-state index is 0.153. The van der Waals surface area contributed by atoms with E-state index in [9.17, 15) is 4.79 Å². The Bertz CT molecular complexity index is 596. The number of nitrogen functional groups attached to an aromatic ring is 1. The maximum absolute atomic E-state index is 12.4. The number of amides is 1. The molecule has 0 atom stereocenters. The molecule has 0 aromatic carbocycles. The molecule has 0 unspecified atom stereocenters. The molecule has 1 aliphatic heterocycles. The summed E-state index contributed by atoms with van der Waals surface area (Å²) in [5.74, 6) is 0.153. The number of nitrogens with two attached hydrogens (primary N) is 1. The van der Waals surface area contributed by atoms with Crippen LogP contribution < -0.4 is 5.73 Å². The third-order valence-corrected chi connectivity index (χ3v) is 5.09. The summed E-state index contributed by atoms with van der Waals surface area (Å²) < 4.78 is 0. The van der Waals surface area contributed by atoms with Crippen LogP contribution in [-0.2, 0) is 6.54 Å². The van der Waals surface area contributed by atoms with E-state index in [1.165, 1.54) is 16.2 Å². The van der Waals surface area contributed by atoms with Gasteiger partial charge in [-0.05, 0) is 17.9 Å². The second-order valence-corrected chi connectivity index (χ2v) is 7.03. The lowest BCUT2D eigenvalue weighted by atomic mass is 10.3. The zero-order valence-electron chi connectivity index (χ0n) is 11.7. The first-order valence-electron chi connectivity index (χ1n) is 6.96. The molecule has 1 saturated heterocycles. The predicted octanol–water partition coefficient (Wildman–Crippen LogP) is 2.13. The minimum Gasteiger partial charge on any atom is -0.375 e. The number of thiazole rings is 1. The molecule has 2 aromatic heterocycles. The van der Waals surface area contributed by atoms with Gasteiger partial charge in [0.2, 0.25) is 0 Å². The topological polar surface area (TPSA) is 62.5 Å². The minimum atomic E-state index is 0.153. The summed E-state index contributed by atoms with van der Waals surface area (Å²) in [6.45, 7) is 4.38. The summed E-state index contributed by atoms with van der Waals surface area (Å²) in [7, 11) is 0. The van der Waals surface area contributed by atoms with E-state index in [0.717, 1.165) is 44.7 Å². The summed E-state index contributed by atoms with van der Waals surface area (Å²) >= 11 is 3.11. The van der Waals surface area contributed by atoms with Crippen LogP contribution in [0.25, 0.3) is 0 Å². The van der Waals surface area contributed by atoms with Gasteiger partial charge in [0, 0.05) is 49.2 Å². The molecule has 0 spiro atoms. The van der Waals surface area contributed by atoms with Crippen molar-refractivity contribution >= 4 is 33.7 Å². The highest BCUT2D eigenvalue weighted by Crippen LogP contribution is 2.18. The van der Waals surface area contributed by atoms with E-state index in [4.69, 9.17) is 5.73 Å². The van der Waals surface area contributed by atoms with E-state index in [0.29, 0.717) is 5.13 Å². The van der Waals surface area contributed by atoms with Crippen molar-refractivity contribution in [2.24, 2.45) is 0 Å². The van der Waals surface area contributed by atoms with Gasteiger partial charge in [-0.3, -0.25) is 9.69 Å². The molecule has 0 saturated carbocycles. The van der Waals surface area contributed by atoms with Crippen molar-refractivity contribution < 1.29 is 4.79 Å². The van der Waals surface area contributed by atoms with Crippen LogP contribution in [0.15, 0.2) is 23.0 Å². The lowest BCUT2D eigenvalue weighted by Gasteiger charge is -2.21. The second kappa shape index (κ2) is 6.55. The average molecular weight is 322 g/mol. The van der Waals surface area contributed by atoms with Crippen LogP contribution in [0.1, 0.15) is 21.7 Å². The summed E-state index contributed by atoms with van der Waals surface area (Å²) in [5.41, 5.74) is 6.48. The lowest BCUT2D eigenvalue weighted by molar-refractivity contribution is 0.0761. The van der Waals surface area contributed by atoms with E-state index in [-0.39, 0.29) is 5.91 Å². The molecule has 21 heavy (non-hydrogen) atoms. The number of carbonyl (C=O) groups is 1. The Morgan fingerprint density at radius 2 is 2.24 bits per heavy atom. The van der Waals surface area contributed by atoms with Crippen LogP contribution in [0, 0.1) is 0 Å². The SMILES string of the molecule is Nc1ncc(CN2CCCN(C(=O)c3ccsc3)CC2)s1. The van der Waals surface area contributed by atoms with E-state index >= 15 is 0 Å². The third-order valence-electron chi connectivity index (χ3n) is 3.59. The fourth-order valence-corrected chi connectivity index (χ4v) is 3.87. The van der Waals surface area contributed by atoms with Crippen LogP contribution in [0.4, 0.5) is 5.13 Å². The molecular weight excluding hydrogens is 304 g/mol. The molecule has 2 aromatic rings. The zero-order chi connectivity index (χ0) is 14.7. The molecule has 0 bridgehead atoms. The largest absolute Gasteiger partial charge is 0.375 e. The molecule has 3 rings (SSSR count). The van der Waals surface area contributed by atoms with Gasteiger partial charge in [0.25, 0.3) is 5.91 Å². The van der Waals surface area contributed by atoms with Gasteiger partial charge >= 0.3 is 0 Å². The van der Waals surface area contributed by atoms with E-state index < -0.39 is 0 Å². The maximum atomic E-state index is 12.4. The van der Waals surface area contributed by atoms with E-state index in [1.807, 2.05) is 27.9 Å². The summed E-state index contributed by atoms with van der Waals surface area (Å²) in [4.78, 5) is 22.0. The van der Waals surface area contributed by atoms with E-state index in [2.05, 4.69) is 9.88 Å². The summed E-state index contributed by atoms with van der Waals surface area (Å²) in [6.07, 6.45) is 2.85. The van der Waals surface area contributed by atoms with Gasteiger partial charge in [-0.2, -0.15) is 11.3 Å². The maximum Gasteiger partial charge on any atom is 0.254 e. The predicted molar refractivity (Wildman–Crippen MR) is 86.6 cm³/mol. The number of nitrogens with zero attached hydrogens (tertiary/aromatic N) is 3. The number of hydrogen-bond acceptors (Lipinski definition) is 6. The first-order chi connectivity index (χ1) is 10.2. The molecule has 3 heterocycles. The molecule has 7 heteroatoms. The fraction of sp³-hybridized carbons (Fsp3) is 0.429. The zero-order valence-corrected chi connectivity index (χ0v) is 13.3. The van der Waals surface area contributed by atoms with Crippen LogP contribution in [0.5, 0.6) is 0 Å². The highest BCUT2D eigenvalue weighted by atomic mass is 32.1. The molecule has 112 valence electrons. The first kappa shape index (κ1) is 14.5. The number of hydrogen-bond donors (Lipinski definition) is 1. The van der Waals surface area contributed by atoms with Crippen molar-refractivity contribution in [1.82, 2.24) is 14.8 Å². The Hall–Kier alpha value is -1.44. The van der Waals surface area contributed by atoms with Gasteiger partial charge in [-0.15, -0.1) is 11.3 Å². The normalized spacial score (nSPS) is 16.9. The molecule has 0 radical (unpaired) electrons. The quantitative estimate of drug-likeness (QED) is 0.940. The number of rotatable bonds is 3. The van der Waals surface area contributed by atoms with E-state index in [1.54, 1.807) is 11.3 Å². The molecule has 5 nitrogen and oxygen atoms in total. The number of anilines is 1. The van der Waals surface area contributed by atoms with Gasteiger partial charge in [0.05, 0.1) is 5.56 Å². The van der Waals surface area contributed by atoms with Crippen LogP contribution in [-0.4, -0.2) is 46.9 Å². The van der Waals surface area contributed by atoms with Gasteiger partial charge < -0.3 is 10.6 Å². The molecular formula is C14H18N4OS2. The highest BCUT2D eigenvalue weighted by Gasteiger charge is 2.20. The summed E-state index contributed by atoms with van der Waals surface area (Å²) in [5, 5.41) is 4.49. The molecule has 2 N–H and O–H groups in total.